The molecule has 0 bridgehead atoms. The van der Waals surface area contributed by atoms with Crippen molar-refractivity contribution in [2.24, 2.45) is 5.92 Å². The summed E-state index contributed by atoms with van der Waals surface area (Å²) >= 11 is 0. The van der Waals surface area contributed by atoms with E-state index in [1.54, 1.807) is 11.0 Å². The van der Waals surface area contributed by atoms with Crippen molar-refractivity contribution in [1.29, 1.82) is 0 Å². The van der Waals surface area contributed by atoms with Crippen LogP contribution in [0.3, 0.4) is 0 Å². The standard InChI is InChI=1S/C13H21NO3/c1-9(2)11-10(8-15)6-7-14(11)12(16)17-13(3,4)5/h6,8-9,11H,7H2,1-5H3. The normalized spacial score (nSPS) is 20.5. The molecule has 4 heteroatoms. The van der Waals surface area contributed by atoms with Gasteiger partial charge in [0.25, 0.3) is 0 Å². The molecule has 1 aliphatic rings. The van der Waals surface area contributed by atoms with Crippen molar-refractivity contribution in [3.05, 3.63) is 11.6 Å². The van der Waals surface area contributed by atoms with E-state index in [9.17, 15) is 9.59 Å². The van der Waals surface area contributed by atoms with Gasteiger partial charge in [0.05, 0.1) is 6.04 Å². The maximum Gasteiger partial charge on any atom is 0.411 e. The number of ether oxygens (including phenoxy) is 1. The smallest absolute Gasteiger partial charge is 0.411 e. The molecule has 1 aliphatic heterocycles. The molecule has 17 heavy (non-hydrogen) atoms. The first kappa shape index (κ1) is 13.7. The monoisotopic (exact) mass is 239 g/mol. The number of amides is 1. The Labute approximate surface area is 103 Å². The summed E-state index contributed by atoms with van der Waals surface area (Å²) in [5.41, 5.74) is 0.161. The van der Waals surface area contributed by atoms with Gasteiger partial charge >= 0.3 is 6.09 Å². The second kappa shape index (κ2) is 4.90. The van der Waals surface area contributed by atoms with Crippen LogP contribution in [0, 0.1) is 5.92 Å². The van der Waals surface area contributed by atoms with E-state index in [2.05, 4.69) is 0 Å². The number of carbonyl (C=O) groups is 2. The van der Waals surface area contributed by atoms with E-state index in [-0.39, 0.29) is 18.1 Å². The second-order valence-electron chi connectivity index (χ2n) is 5.64. The van der Waals surface area contributed by atoms with Crippen molar-refractivity contribution in [1.82, 2.24) is 4.90 Å². The van der Waals surface area contributed by atoms with Crippen LogP contribution in [0.4, 0.5) is 4.79 Å². The van der Waals surface area contributed by atoms with Gasteiger partial charge < -0.3 is 4.74 Å². The highest BCUT2D eigenvalue weighted by Crippen LogP contribution is 2.25. The fourth-order valence-electron chi connectivity index (χ4n) is 1.99. The zero-order valence-electron chi connectivity index (χ0n) is 11.2. The highest BCUT2D eigenvalue weighted by Gasteiger charge is 2.35. The van der Waals surface area contributed by atoms with Gasteiger partial charge in [-0.05, 0) is 26.7 Å². The average Bonchev–Trinajstić information content (AvgIpc) is 2.57. The zero-order valence-corrected chi connectivity index (χ0v) is 11.2. The quantitative estimate of drug-likeness (QED) is 0.695. The molecule has 0 fully saturated rings. The molecule has 4 nitrogen and oxygen atoms in total. The summed E-state index contributed by atoms with van der Waals surface area (Å²) in [6, 6.07) is -0.164. The molecule has 0 aromatic carbocycles. The largest absolute Gasteiger partial charge is 0.444 e. The summed E-state index contributed by atoms with van der Waals surface area (Å²) < 4.78 is 5.33. The minimum atomic E-state index is -0.511. The Kier molecular flexibility index (Phi) is 3.96. The van der Waals surface area contributed by atoms with Gasteiger partial charge in [-0.3, -0.25) is 9.69 Å². The Morgan fingerprint density at radius 1 is 1.53 bits per heavy atom. The Balaban J connectivity index is 2.79. The number of rotatable bonds is 2. The molecular weight excluding hydrogens is 218 g/mol. The van der Waals surface area contributed by atoms with Crippen LogP contribution in [0.15, 0.2) is 11.6 Å². The van der Waals surface area contributed by atoms with E-state index in [1.807, 2.05) is 34.6 Å². The average molecular weight is 239 g/mol. The van der Waals surface area contributed by atoms with Gasteiger partial charge in [0.2, 0.25) is 0 Å². The summed E-state index contributed by atoms with van der Waals surface area (Å²) in [5.74, 6) is 0.196. The third-order valence-corrected chi connectivity index (χ3v) is 2.60. The van der Waals surface area contributed by atoms with Gasteiger partial charge in [0.1, 0.15) is 11.9 Å². The van der Waals surface area contributed by atoms with Crippen molar-refractivity contribution in [3.63, 3.8) is 0 Å². The lowest BCUT2D eigenvalue weighted by Crippen LogP contribution is -2.43. The number of aldehydes is 1. The van der Waals surface area contributed by atoms with Crippen LogP contribution in [0.5, 0.6) is 0 Å². The first-order valence-electron chi connectivity index (χ1n) is 5.91. The molecule has 1 rings (SSSR count). The molecule has 1 atom stereocenters. The molecule has 1 heterocycles. The van der Waals surface area contributed by atoms with Crippen LogP contribution in [-0.2, 0) is 9.53 Å². The molecule has 96 valence electrons. The Hall–Kier alpha value is -1.32. The summed E-state index contributed by atoms with van der Waals surface area (Å²) in [7, 11) is 0. The zero-order chi connectivity index (χ0) is 13.2. The summed E-state index contributed by atoms with van der Waals surface area (Å²) in [6.45, 7) is 9.93. The van der Waals surface area contributed by atoms with Crippen LogP contribution in [0.25, 0.3) is 0 Å². The highest BCUT2D eigenvalue weighted by molar-refractivity contribution is 5.80. The Morgan fingerprint density at radius 2 is 2.12 bits per heavy atom. The lowest BCUT2D eigenvalue weighted by molar-refractivity contribution is -0.105. The molecule has 0 N–H and O–H groups in total. The van der Waals surface area contributed by atoms with Crippen LogP contribution < -0.4 is 0 Å². The van der Waals surface area contributed by atoms with Crippen molar-refractivity contribution in [2.45, 2.75) is 46.3 Å². The maximum atomic E-state index is 12.0. The molecule has 0 saturated carbocycles. The second-order valence-corrected chi connectivity index (χ2v) is 5.64. The number of nitrogens with zero attached hydrogens (tertiary/aromatic N) is 1. The van der Waals surface area contributed by atoms with Crippen LogP contribution in [0.2, 0.25) is 0 Å². The van der Waals surface area contributed by atoms with Gasteiger partial charge in [0.15, 0.2) is 0 Å². The van der Waals surface area contributed by atoms with Crippen molar-refractivity contribution in [2.75, 3.05) is 6.54 Å². The molecule has 1 unspecified atom stereocenters. The third kappa shape index (κ3) is 3.32. The Morgan fingerprint density at radius 3 is 2.53 bits per heavy atom. The first-order chi connectivity index (χ1) is 7.76. The lowest BCUT2D eigenvalue weighted by Gasteiger charge is -2.31. The van der Waals surface area contributed by atoms with E-state index in [0.717, 1.165) is 6.29 Å². The predicted molar refractivity (Wildman–Crippen MR) is 65.7 cm³/mol. The van der Waals surface area contributed by atoms with Crippen LogP contribution in [-0.4, -0.2) is 35.5 Å². The van der Waals surface area contributed by atoms with E-state index in [0.29, 0.717) is 12.1 Å². The van der Waals surface area contributed by atoms with E-state index in [1.165, 1.54) is 0 Å². The third-order valence-electron chi connectivity index (χ3n) is 2.60. The van der Waals surface area contributed by atoms with Crippen LogP contribution >= 0.6 is 0 Å². The summed E-state index contributed by atoms with van der Waals surface area (Å²) in [5, 5.41) is 0. The van der Waals surface area contributed by atoms with Gasteiger partial charge in [0, 0.05) is 12.1 Å². The number of hydrogen-bond donors (Lipinski definition) is 0. The molecule has 0 aromatic rings. The van der Waals surface area contributed by atoms with Gasteiger partial charge in [-0.15, -0.1) is 0 Å². The van der Waals surface area contributed by atoms with E-state index >= 15 is 0 Å². The Bertz CT molecular complexity index is 339. The minimum Gasteiger partial charge on any atom is -0.444 e. The van der Waals surface area contributed by atoms with Crippen molar-refractivity contribution in [3.8, 4) is 0 Å². The molecule has 0 spiro atoms. The summed E-state index contributed by atoms with van der Waals surface area (Å²) in [6.07, 6.45) is 2.26. The molecule has 0 radical (unpaired) electrons. The molecule has 0 aliphatic carbocycles. The SMILES string of the molecule is CC(C)C1C(C=O)=CCN1C(=O)OC(C)(C)C. The predicted octanol–water partition coefficient (Wildman–Crippen LogP) is 2.39. The van der Waals surface area contributed by atoms with Crippen molar-refractivity contribution < 1.29 is 14.3 Å². The van der Waals surface area contributed by atoms with Gasteiger partial charge in [-0.1, -0.05) is 19.9 Å². The maximum absolute atomic E-state index is 12.0. The fourth-order valence-corrected chi connectivity index (χ4v) is 1.99. The van der Waals surface area contributed by atoms with Crippen LogP contribution in [0.1, 0.15) is 34.6 Å². The van der Waals surface area contributed by atoms with Gasteiger partial charge in [-0.25, -0.2) is 4.79 Å². The highest BCUT2D eigenvalue weighted by atomic mass is 16.6. The molecular formula is C13H21NO3. The van der Waals surface area contributed by atoms with E-state index in [4.69, 9.17) is 4.74 Å². The molecule has 0 saturated heterocycles. The van der Waals surface area contributed by atoms with E-state index < -0.39 is 5.60 Å². The molecule has 1 amide bonds. The molecule has 0 aromatic heterocycles. The lowest BCUT2D eigenvalue weighted by atomic mass is 9.98. The number of hydrogen-bond acceptors (Lipinski definition) is 3. The van der Waals surface area contributed by atoms with Gasteiger partial charge in [-0.2, -0.15) is 0 Å². The number of carbonyl (C=O) groups excluding carboxylic acids is 2. The fraction of sp³-hybridized carbons (Fsp3) is 0.692. The first-order valence-corrected chi connectivity index (χ1v) is 5.91. The summed E-state index contributed by atoms with van der Waals surface area (Å²) in [4.78, 5) is 24.5. The topological polar surface area (TPSA) is 46.6 Å². The van der Waals surface area contributed by atoms with Crippen molar-refractivity contribution >= 4 is 12.4 Å². The minimum absolute atomic E-state index is 0.164.